The van der Waals surface area contributed by atoms with Gasteiger partial charge in [-0.3, -0.25) is 14.5 Å². The number of carbonyl (C=O) groups excluding carboxylic acids is 3. The van der Waals surface area contributed by atoms with Gasteiger partial charge in [0.05, 0.1) is 18.6 Å². The van der Waals surface area contributed by atoms with E-state index in [1.807, 2.05) is 32.9 Å². The van der Waals surface area contributed by atoms with Gasteiger partial charge in [0, 0.05) is 37.9 Å². The van der Waals surface area contributed by atoms with E-state index in [0.717, 1.165) is 5.56 Å². The van der Waals surface area contributed by atoms with Crippen LogP contribution >= 0.6 is 0 Å². The Kier molecular flexibility index (Phi) is 5.74. The number of aliphatic carboxylic acids is 1. The number of hydrogen-bond acceptors (Lipinski definition) is 5. The summed E-state index contributed by atoms with van der Waals surface area (Å²) >= 11 is 0. The summed E-state index contributed by atoms with van der Waals surface area (Å²) in [5.74, 6) is -1.35. The van der Waals surface area contributed by atoms with Crippen LogP contribution in [0.1, 0.15) is 49.0 Å². The van der Waals surface area contributed by atoms with Gasteiger partial charge < -0.3 is 19.5 Å². The monoisotopic (exact) mass is 387 g/mol. The third-order valence-electron chi connectivity index (χ3n) is 5.53. The molecule has 28 heavy (non-hydrogen) atoms. The van der Waals surface area contributed by atoms with Crippen molar-refractivity contribution in [2.24, 2.45) is 5.92 Å². The summed E-state index contributed by atoms with van der Waals surface area (Å²) < 4.78 is 5.89. The van der Waals surface area contributed by atoms with Gasteiger partial charge in [-0.15, -0.1) is 0 Å². The molecule has 3 rings (SSSR count). The molecule has 7 heteroatoms. The molecule has 7 nitrogen and oxygen atoms in total. The zero-order valence-electron chi connectivity index (χ0n) is 16.6. The Morgan fingerprint density at radius 2 is 1.79 bits per heavy atom. The summed E-state index contributed by atoms with van der Waals surface area (Å²) in [5, 5.41) is 11.7. The van der Waals surface area contributed by atoms with Crippen LogP contribution in [0.2, 0.25) is 0 Å². The van der Waals surface area contributed by atoms with Crippen molar-refractivity contribution >= 4 is 17.8 Å². The average molecular weight is 387 g/mol. The fourth-order valence-corrected chi connectivity index (χ4v) is 3.97. The van der Waals surface area contributed by atoms with Crippen LogP contribution < -0.4 is 5.11 Å². The van der Waals surface area contributed by atoms with Gasteiger partial charge in [-0.2, -0.15) is 0 Å². The van der Waals surface area contributed by atoms with Gasteiger partial charge in [0.1, 0.15) is 5.72 Å². The van der Waals surface area contributed by atoms with E-state index in [-0.39, 0.29) is 24.3 Å². The highest BCUT2D eigenvalue weighted by Crippen LogP contribution is 2.38. The van der Waals surface area contributed by atoms with Crippen molar-refractivity contribution in [2.75, 3.05) is 19.7 Å². The number of aryl methyl sites for hydroxylation is 1. The predicted octanol–water partition coefficient (Wildman–Crippen LogP) is 0.951. The van der Waals surface area contributed by atoms with Gasteiger partial charge in [0.2, 0.25) is 5.91 Å². The second kappa shape index (κ2) is 7.91. The zero-order valence-corrected chi connectivity index (χ0v) is 16.6. The van der Waals surface area contributed by atoms with Gasteiger partial charge in [-0.1, -0.05) is 31.5 Å². The fraction of sp³-hybridized carbons (Fsp3) is 0.571. The average Bonchev–Trinajstić information content (AvgIpc) is 3.00. The van der Waals surface area contributed by atoms with E-state index in [9.17, 15) is 19.5 Å². The molecule has 1 spiro atoms. The molecule has 0 unspecified atom stereocenters. The number of nitrogens with zero attached hydrogens (tertiary/aromatic N) is 2. The first-order valence-corrected chi connectivity index (χ1v) is 9.76. The summed E-state index contributed by atoms with van der Waals surface area (Å²) in [4.78, 5) is 40.3. The van der Waals surface area contributed by atoms with Crippen LogP contribution in [0, 0.1) is 12.8 Å². The molecule has 2 heterocycles. The minimum absolute atomic E-state index is 0.0794. The molecule has 0 aliphatic carbocycles. The highest BCUT2D eigenvalue weighted by molar-refractivity contribution is 5.97. The molecule has 2 aliphatic heterocycles. The van der Waals surface area contributed by atoms with Gasteiger partial charge >= 0.3 is 0 Å². The van der Waals surface area contributed by atoms with Crippen molar-refractivity contribution in [3.63, 3.8) is 0 Å². The number of hydrogen-bond donors (Lipinski definition) is 0. The first-order chi connectivity index (χ1) is 13.2. The number of benzene rings is 1. The largest absolute Gasteiger partial charge is 0.548 e. The molecule has 0 radical (unpaired) electrons. The molecule has 1 aromatic carbocycles. The predicted molar refractivity (Wildman–Crippen MR) is 100 cm³/mol. The van der Waals surface area contributed by atoms with Crippen LogP contribution in [-0.4, -0.2) is 59.0 Å². The number of carboxylic acid groups (broad SMARTS) is 1. The van der Waals surface area contributed by atoms with E-state index in [0.29, 0.717) is 37.9 Å². The molecule has 2 aliphatic rings. The molecule has 1 atom stereocenters. The minimum atomic E-state index is -1.32. The van der Waals surface area contributed by atoms with E-state index < -0.39 is 17.7 Å². The topological polar surface area (TPSA) is 90.0 Å². The van der Waals surface area contributed by atoms with Crippen molar-refractivity contribution in [1.82, 2.24) is 9.80 Å². The van der Waals surface area contributed by atoms with E-state index in [1.165, 1.54) is 4.90 Å². The van der Waals surface area contributed by atoms with Gasteiger partial charge in [0.25, 0.3) is 5.91 Å². The summed E-state index contributed by atoms with van der Waals surface area (Å²) in [7, 11) is 0. The van der Waals surface area contributed by atoms with E-state index in [1.54, 1.807) is 17.0 Å². The number of piperidine rings is 1. The third-order valence-corrected chi connectivity index (χ3v) is 5.53. The van der Waals surface area contributed by atoms with E-state index in [4.69, 9.17) is 4.74 Å². The van der Waals surface area contributed by atoms with Crippen LogP contribution in [0.25, 0.3) is 0 Å². The molecule has 0 bridgehead atoms. The summed E-state index contributed by atoms with van der Waals surface area (Å²) in [5.41, 5.74) is 0.416. The Bertz CT molecular complexity index is 751. The van der Waals surface area contributed by atoms with Crippen molar-refractivity contribution < 1.29 is 24.2 Å². The second-order valence-electron chi connectivity index (χ2n) is 8.11. The lowest BCUT2D eigenvalue weighted by Crippen LogP contribution is -2.60. The quantitative estimate of drug-likeness (QED) is 0.767. The van der Waals surface area contributed by atoms with Crippen LogP contribution in [0.3, 0.4) is 0 Å². The fourth-order valence-electron chi connectivity index (χ4n) is 3.97. The van der Waals surface area contributed by atoms with Crippen LogP contribution in [0.5, 0.6) is 0 Å². The molecule has 1 aromatic rings. The van der Waals surface area contributed by atoms with Crippen LogP contribution in [-0.2, 0) is 14.3 Å². The number of ether oxygens (including phenoxy) is 1. The lowest BCUT2D eigenvalue weighted by molar-refractivity contribution is -0.310. The Morgan fingerprint density at radius 3 is 2.32 bits per heavy atom. The number of carboxylic acids is 1. The van der Waals surface area contributed by atoms with Crippen molar-refractivity contribution in [3.05, 3.63) is 35.4 Å². The van der Waals surface area contributed by atoms with Crippen LogP contribution in [0.15, 0.2) is 24.3 Å². The summed E-state index contributed by atoms with van der Waals surface area (Å²) in [6.45, 7) is 6.68. The van der Waals surface area contributed by atoms with Crippen LogP contribution in [0.4, 0.5) is 0 Å². The smallest absolute Gasteiger partial charge is 0.256 e. The Morgan fingerprint density at radius 1 is 1.18 bits per heavy atom. The molecular formula is C21H27N2O5-. The molecular weight excluding hydrogens is 360 g/mol. The highest BCUT2D eigenvalue weighted by atomic mass is 16.5. The molecule has 2 saturated heterocycles. The Balaban J connectivity index is 1.81. The molecule has 0 saturated carbocycles. The van der Waals surface area contributed by atoms with Gasteiger partial charge in [0.15, 0.2) is 0 Å². The lowest BCUT2D eigenvalue weighted by Gasteiger charge is -2.45. The molecule has 0 N–H and O–H groups in total. The molecule has 0 aromatic heterocycles. The van der Waals surface area contributed by atoms with Gasteiger partial charge in [-0.25, -0.2) is 0 Å². The lowest BCUT2D eigenvalue weighted by atomic mass is 9.96. The maximum absolute atomic E-state index is 13.2. The minimum Gasteiger partial charge on any atom is -0.548 e. The first kappa shape index (κ1) is 20.3. The first-order valence-electron chi connectivity index (χ1n) is 9.76. The van der Waals surface area contributed by atoms with Crippen molar-refractivity contribution in [2.45, 2.75) is 51.8 Å². The van der Waals surface area contributed by atoms with E-state index in [2.05, 4.69) is 0 Å². The SMILES string of the molecule is Cc1ccc(C(=O)N2[C@@H](C(=O)[O-])COC23CCN(C(=O)CC(C)C)CC3)cc1. The maximum atomic E-state index is 13.2. The van der Waals surface area contributed by atoms with Crippen molar-refractivity contribution in [1.29, 1.82) is 0 Å². The Hall–Kier alpha value is -2.41. The zero-order chi connectivity index (χ0) is 20.5. The summed E-state index contributed by atoms with van der Waals surface area (Å²) in [6.07, 6.45) is 1.25. The van der Waals surface area contributed by atoms with E-state index >= 15 is 0 Å². The second-order valence-corrected chi connectivity index (χ2v) is 8.11. The maximum Gasteiger partial charge on any atom is 0.256 e. The van der Waals surface area contributed by atoms with Gasteiger partial charge in [-0.05, 0) is 25.0 Å². The number of likely N-dealkylation sites (tertiary alicyclic amines) is 1. The standard InChI is InChI=1S/C21H28N2O5/c1-14(2)12-18(24)22-10-8-21(9-11-22)23(17(13-28-21)20(26)27)19(25)16-6-4-15(3)5-7-16/h4-7,14,17H,8-13H2,1-3H3,(H,26,27)/p-1/t17-/m1/s1. The number of amides is 2. The summed E-state index contributed by atoms with van der Waals surface area (Å²) in [6, 6.07) is 5.89. The highest BCUT2D eigenvalue weighted by Gasteiger charge is 2.52. The normalized spacial score (nSPS) is 21.4. The molecule has 2 fully saturated rings. The number of rotatable bonds is 4. The van der Waals surface area contributed by atoms with Crippen molar-refractivity contribution in [3.8, 4) is 0 Å². The molecule has 152 valence electrons. The molecule has 2 amide bonds. The number of carbonyl (C=O) groups is 3. The third kappa shape index (κ3) is 3.90. The Labute approximate surface area is 165 Å².